The van der Waals surface area contributed by atoms with Crippen LogP contribution in [0.1, 0.15) is 219 Å². The zero-order valence-electron chi connectivity index (χ0n) is 38.0. The van der Waals surface area contributed by atoms with Crippen molar-refractivity contribution >= 4 is 5.91 Å². The van der Waals surface area contributed by atoms with Gasteiger partial charge in [0.1, 0.15) is 24.4 Å². The maximum absolute atomic E-state index is 12.9. The van der Waals surface area contributed by atoms with Gasteiger partial charge in [0.15, 0.2) is 6.29 Å². The Balaban J connectivity index is 2.16. The zero-order chi connectivity index (χ0) is 43.0. The van der Waals surface area contributed by atoms with Gasteiger partial charge in [-0.15, -0.1) is 0 Å². The average molecular weight is 836 g/mol. The molecule has 0 spiro atoms. The number of allylic oxidation sites excluding steroid dienone is 5. The number of carbonyl (C=O) groups is 1. The Morgan fingerprint density at radius 3 is 1.46 bits per heavy atom. The number of hydrogen-bond acceptors (Lipinski definition) is 8. The van der Waals surface area contributed by atoms with Crippen LogP contribution in [0.4, 0.5) is 0 Å². The van der Waals surface area contributed by atoms with Crippen LogP contribution in [-0.4, -0.2) is 87.5 Å². The summed E-state index contributed by atoms with van der Waals surface area (Å²) in [6.07, 6.45) is 43.7. The van der Waals surface area contributed by atoms with E-state index in [1.54, 1.807) is 6.08 Å². The van der Waals surface area contributed by atoms with Crippen molar-refractivity contribution < 1.29 is 39.8 Å². The van der Waals surface area contributed by atoms with Crippen molar-refractivity contribution in [3.8, 4) is 0 Å². The highest BCUT2D eigenvalue weighted by molar-refractivity contribution is 5.76. The molecule has 1 aliphatic rings. The van der Waals surface area contributed by atoms with Crippen molar-refractivity contribution in [2.45, 2.75) is 262 Å². The molecular formula is C50H93NO8. The molecular weight excluding hydrogens is 743 g/mol. The van der Waals surface area contributed by atoms with Gasteiger partial charge in [0.2, 0.25) is 5.91 Å². The fourth-order valence-corrected chi connectivity index (χ4v) is 7.70. The first-order valence-electron chi connectivity index (χ1n) is 24.7. The van der Waals surface area contributed by atoms with Crippen molar-refractivity contribution in [2.24, 2.45) is 0 Å². The quantitative estimate of drug-likeness (QED) is 0.0263. The van der Waals surface area contributed by atoms with E-state index in [9.17, 15) is 30.3 Å². The number of ether oxygens (including phenoxy) is 2. The molecule has 9 nitrogen and oxygen atoms in total. The number of nitrogens with one attached hydrogen (secondary N) is 1. The summed E-state index contributed by atoms with van der Waals surface area (Å²) in [6.45, 7) is 3.70. The van der Waals surface area contributed by atoms with Crippen molar-refractivity contribution in [3.63, 3.8) is 0 Å². The highest BCUT2D eigenvalue weighted by Gasteiger charge is 2.44. The molecule has 0 aliphatic carbocycles. The van der Waals surface area contributed by atoms with Crippen LogP contribution in [-0.2, 0) is 14.3 Å². The Bertz CT molecular complexity index is 1020. The SMILES string of the molecule is CCCCC/C=C/CC/C=C/C(O)C(COC1OC(CO)C(O)C(O)C1O)NC(=O)CCCCCCCCCCCCCCCCC/C=C\CCCCCCCCCC. The van der Waals surface area contributed by atoms with Crippen LogP contribution in [0.3, 0.4) is 0 Å². The Hall–Kier alpha value is -1.59. The van der Waals surface area contributed by atoms with E-state index >= 15 is 0 Å². The van der Waals surface area contributed by atoms with Gasteiger partial charge in [-0.25, -0.2) is 0 Å². The number of carbonyl (C=O) groups excluding carboxylic acids is 1. The van der Waals surface area contributed by atoms with Crippen LogP contribution >= 0.6 is 0 Å². The van der Waals surface area contributed by atoms with Crippen LogP contribution in [0.25, 0.3) is 0 Å². The van der Waals surface area contributed by atoms with Crippen LogP contribution in [0.5, 0.6) is 0 Å². The van der Waals surface area contributed by atoms with Crippen molar-refractivity contribution in [2.75, 3.05) is 13.2 Å². The average Bonchev–Trinajstić information content (AvgIpc) is 3.23. The topological polar surface area (TPSA) is 149 Å². The minimum atomic E-state index is -1.57. The number of rotatable bonds is 41. The molecule has 0 aromatic heterocycles. The minimum Gasteiger partial charge on any atom is -0.394 e. The first-order valence-corrected chi connectivity index (χ1v) is 24.7. The third-order valence-corrected chi connectivity index (χ3v) is 11.7. The second-order valence-electron chi connectivity index (χ2n) is 17.2. The molecule has 1 aliphatic heterocycles. The Morgan fingerprint density at radius 2 is 0.966 bits per heavy atom. The molecule has 0 aromatic rings. The molecule has 0 radical (unpaired) electrons. The van der Waals surface area contributed by atoms with E-state index in [-0.39, 0.29) is 12.5 Å². The lowest BCUT2D eigenvalue weighted by molar-refractivity contribution is -0.302. The summed E-state index contributed by atoms with van der Waals surface area (Å²) >= 11 is 0. The molecule has 6 N–H and O–H groups in total. The summed E-state index contributed by atoms with van der Waals surface area (Å²) in [5.41, 5.74) is 0. The van der Waals surface area contributed by atoms with Gasteiger partial charge >= 0.3 is 0 Å². The van der Waals surface area contributed by atoms with E-state index in [4.69, 9.17) is 9.47 Å². The zero-order valence-corrected chi connectivity index (χ0v) is 38.0. The normalized spacial score (nSPS) is 21.0. The van der Waals surface area contributed by atoms with Crippen LogP contribution < -0.4 is 5.32 Å². The fraction of sp³-hybridized carbons (Fsp3) is 0.860. The molecule has 1 saturated heterocycles. The Kier molecular flexibility index (Phi) is 38.0. The number of aliphatic hydroxyl groups is 5. The van der Waals surface area contributed by atoms with Gasteiger partial charge in [-0.05, 0) is 57.8 Å². The molecule has 0 saturated carbocycles. The lowest BCUT2D eigenvalue weighted by atomic mass is 9.99. The largest absolute Gasteiger partial charge is 0.394 e. The highest BCUT2D eigenvalue weighted by Crippen LogP contribution is 2.23. The van der Waals surface area contributed by atoms with E-state index in [0.717, 1.165) is 38.5 Å². The van der Waals surface area contributed by atoms with Gasteiger partial charge in [0, 0.05) is 6.42 Å². The molecule has 1 fully saturated rings. The molecule has 0 bridgehead atoms. The van der Waals surface area contributed by atoms with Gasteiger partial charge < -0.3 is 40.3 Å². The Morgan fingerprint density at radius 1 is 0.559 bits per heavy atom. The molecule has 346 valence electrons. The number of aliphatic hydroxyl groups excluding tert-OH is 5. The second-order valence-corrected chi connectivity index (χ2v) is 17.2. The minimum absolute atomic E-state index is 0.188. The molecule has 0 aromatic carbocycles. The third-order valence-electron chi connectivity index (χ3n) is 11.7. The summed E-state index contributed by atoms with van der Waals surface area (Å²) in [5.74, 6) is -0.188. The third kappa shape index (κ3) is 31.0. The monoisotopic (exact) mass is 836 g/mol. The summed E-state index contributed by atoms with van der Waals surface area (Å²) < 4.78 is 11.2. The molecule has 7 unspecified atom stereocenters. The Labute approximate surface area is 361 Å². The first-order chi connectivity index (χ1) is 28.8. The van der Waals surface area contributed by atoms with E-state index < -0.39 is 49.5 Å². The number of hydrogen-bond donors (Lipinski definition) is 6. The van der Waals surface area contributed by atoms with E-state index in [1.807, 2.05) is 6.08 Å². The molecule has 59 heavy (non-hydrogen) atoms. The number of unbranched alkanes of at least 4 members (excludes halogenated alkanes) is 27. The van der Waals surface area contributed by atoms with Crippen molar-refractivity contribution in [1.29, 1.82) is 0 Å². The predicted octanol–water partition coefficient (Wildman–Crippen LogP) is 10.8. The summed E-state index contributed by atoms with van der Waals surface area (Å²) in [6, 6.07) is -0.817. The van der Waals surface area contributed by atoms with Crippen LogP contribution in [0.15, 0.2) is 36.5 Å². The van der Waals surface area contributed by atoms with Gasteiger partial charge in [-0.2, -0.15) is 0 Å². The molecule has 1 rings (SSSR count). The maximum atomic E-state index is 12.9. The fourth-order valence-electron chi connectivity index (χ4n) is 7.70. The molecule has 1 heterocycles. The standard InChI is InChI=1S/C50H93NO8/c1-3-5-7-9-11-13-14-15-16-17-18-19-20-21-22-23-24-25-26-27-28-29-30-32-34-36-38-40-46(54)51-43(44(53)39-37-35-33-31-12-10-8-6-4-2)42-58-50-49(57)48(56)47(55)45(41-52)59-50/h12,17-18,31,37,39,43-45,47-50,52-53,55-57H,3-11,13-16,19-30,32-36,38,40-42H2,1-2H3,(H,51,54)/b18-17-,31-12+,39-37+. The predicted molar refractivity (Wildman–Crippen MR) is 244 cm³/mol. The van der Waals surface area contributed by atoms with E-state index in [0.29, 0.717) is 6.42 Å². The highest BCUT2D eigenvalue weighted by atomic mass is 16.7. The summed E-state index contributed by atoms with van der Waals surface area (Å²) in [5, 5.41) is 54.0. The van der Waals surface area contributed by atoms with Gasteiger partial charge in [-0.1, -0.05) is 192 Å². The van der Waals surface area contributed by atoms with E-state index in [1.165, 1.54) is 161 Å². The van der Waals surface area contributed by atoms with Gasteiger partial charge in [-0.3, -0.25) is 4.79 Å². The number of amides is 1. The van der Waals surface area contributed by atoms with Crippen LogP contribution in [0, 0.1) is 0 Å². The van der Waals surface area contributed by atoms with E-state index in [2.05, 4.69) is 43.5 Å². The van der Waals surface area contributed by atoms with Crippen molar-refractivity contribution in [1.82, 2.24) is 5.32 Å². The smallest absolute Gasteiger partial charge is 0.220 e. The second kappa shape index (κ2) is 40.5. The lowest BCUT2D eigenvalue weighted by Gasteiger charge is -2.40. The summed E-state index contributed by atoms with van der Waals surface area (Å²) in [7, 11) is 0. The lowest BCUT2D eigenvalue weighted by Crippen LogP contribution is -2.60. The molecule has 1 amide bonds. The summed E-state index contributed by atoms with van der Waals surface area (Å²) in [4.78, 5) is 12.9. The van der Waals surface area contributed by atoms with Crippen molar-refractivity contribution in [3.05, 3.63) is 36.5 Å². The molecule has 7 atom stereocenters. The maximum Gasteiger partial charge on any atom is 0.220 e. The van der Waals surface area contributed by atoms with Crippen LogP contribution in [0.2, 0.25) is 0 Å². The molecule has 9 heteroatoms. The van der Waals surface area contributed by atoms with Gasteiger partial charge in [0.05, 0.1) is 25.4 Å². The van der Waals surface area contributed by atoms with Gasteiger partial charge in [0.25, 0.3) is 0 Å². The first kappa shape index (κ1) is 55.4.